The Morgan fingerprint density at radius 1 is 1.42 bits per heavy atom. The van der Waals surface area contributed by atoms with Crippen molar-refractivity contribution in [2.75, 3.05) is 11.1 Å². The monoisotopic (exact) mass is 330 g/mol. The molecule has 1 aromatic heterocycles. The molecule has 19 heavy (non-hydrogen) atoms. The van der Waals surface area contributed by atoms with Crippen molar-refractivity contribution >= 4 is 33.2 Å². The molecule has 0 spiro atoms. The molecule has 0 bridgehead atoms. The van der Waals surface area contributed by atoms with Gasteiger partial charge in [-0.05, 0) is 12.1 Å². The predicted molar refractivity (Wildman–Crippen MR) is 69.3 cm³/mol. The van der Waals surface area contributed by atoms with Crippen LogP contribution in [0.5, 0.6) is 0 Å². The van der Waals surface area contributed by atoms with E-state index in [-0.39, 0.29) is 11.0 Å². The molecule has 0 fully saturated rings. The summed E-state index contributed by atoms with van der Waals surface area (Å²) in [6, 6.07) is 2.12. The number of nitrogen functional groups attached to an aromatic ring is 1. The summed E-state index contributed by atoms with van der Waals surface area (Å²) in [7, 11) is 0. The van der Waals surface area contributed by atoms with E-state index in [1.165, 1.54) is 17.1 Å². The van der Waals surface area contributed by atoms with Crippen molar-refractivity contribution in [3.63, 3.8) is 0 Å². The van der Waals surface area contributed by atoms with E-state index in [0.29, 0.717) is 5.69 Å². The number of nitrogens with one attached hydrogen (secondary N) is 1. The molecular weight excluding hydrogens is 322 g/mol. The first-order chi connectivity index (χ1) is 8.95. The number of benzene rings is 1. The summed E-state index contributed by atoms with van der Waals surface area (Å²) in [6.45, 7) is -0.188. The molecule has 1 heterocycles. The normalized spacial score (nSPS) is 10.5. The molecule has 0 saturated heterocycles. The van der Waals surface area contributed by atoms with E-state index in [9.17, 15) is 13.6 Å². The summed E-state index contributed by atoms with van der Waals surface area (Å²) < 4.78 is 28.5. The summed E-state index contributed by atoms with van der Waals surface area (Å²) in [5.41, 5.74) is 5.34. The van der Waals surface area contributed by atoms with E-state index >= 15 is 0 Å². The average molecular weight is 331 g/mol. The number of nitrogens with two attached hydrogens (primary N) is 1. The zero-order valence-corrected chi connectivity index (χ0v) is 11.1. The number of hydrogen-bond donors (Lipinski definition) is 2. The largest absolute Gasteiger partial charge is 0.396 e. The minimum atomic E-state index is -0.861. The van der Waals surface area contributed by atoms with Gasteiger partial charge in [0, 0.05) is 10.7 Å². The number of anilines is 2. The summed E-state index contributed by atoms with van der Waals surface area (Å²) in [4.78, 5) is 11.6. The third-order valence-electron chi connectivity index (χ3n) is 2.23. The van der Waals surface area contributed by atoms with Crippen LogP contribution in [0.2, 0.25) is 0 Å². The second kappa shape index (κ2) is 5.35. The smallest absolute Gasteiger partial charge is 0.246 e. The van der Waals surface area contributed by atoms with Gasteiger partial charge in [-0.1, -0.05) is 15.9 Å². The topological polar surface area (TPSA) is 72.9 Å². The first-order valence-corrected chi connectivity index (χ1v) is 5.97. The highest BCUT2D eigenvalue weighted by atomic mass is 79.9. The summed E-state index contributed by atoms with van der Waals surface area (Å²) in [6.07, 6.45) is 2.81. The summed E-state index contributed by atoms with van der Waals surface area (Å²) >= 11 is 2.95. The van der Waals surface area contributed by atoms with Crippen molar-refractivity contribution < 1.29 is 13.6 Å². The minimum absolute atomic E-state index is 0.188. The Morgan fingerprint density at radius 2 is 2.05 bits per heavy atom. The number of amides is 1. The van der Waals surface area contributed by atoms with Crippen LogP contribution in [0.3, 0.4) is 0 Å². The van der Waals surface area contributed by atoms with Gasteiger partial charge in [0.05, 0.1) is 11.9 Å². The van der Waals surface area contributed by atoms with Crippen LogP contribution >= 0.6 is 15.9 Å². The fraction of sp³-hybridized carbons (Fsp3) is 0.0909. The average Bonchev–Trinajstić information content (AvgIpc) is 2.69. The van der Waals surface area contributed by atoms with Crippen LogP contribution in [0.15, 0.2) is 29.0 Å². The molecule has 100 valence electrons. The molecule has 1 amide bonds. The van der Waals surface area contributed by atoms with Gasteiger partial charge in [0.2, 0.25) is 5.91 Å². The Morgan fingerprint density at radius 3 is 2.58 bits per heavy atom. The Kier molecular flexibility index (Phi) is 3.79. The van der Waals surface area contributed by atoms with Crippen molar-refractivity contribution in [2.45, 2.75) is 6.54 Å². The van der Waals surface area contributed by atoms with Gasteiger partial charge in [0.25, 0.3) is 0 Å². The van der Waals surface area contributed by atoms with Crippen LogP contribution in [0, 0.1) is 11.6 Å². The second-order valence-corrected chi connectivity index (χ2v) is 4.68. The van der Waals surface area contributed by atoms with Gasteiger partial charge in [-0.15, -0.1) is 0 Å². The highest BCUT2D eigenvalue weighted by molar-refractivity contribution is 9.10. The minimum Gasteiger partial charge on any atom is -0.396 e. The molecule has 0 aliphatic rings. The Hall–Kier alpha value is -1.96. The first-order valence-electron chi connectivity index (χ1n) is 5.18. The molecule has 3 N–H and O–H groups in total. The van der Waals surface area contributed by atoms with E-state index in [2.05, 4.69) is 26.3 Å². The fourth-order valence-electron chi connectivity index (χ4n) is 1.45. The van der Waals surface area contributed by atoms with Crippen LogP contribution in [-0.2, 0) is 11.3 Å². The molecule has 0 radical (unpaired) electrons. The van der Waals surface area contributed by atoms with Gasteiger partial charge in [0.15, 0.2) is 11.6 Å². The van der Waals surface area contributed by atoms with Crippen molar-refractivity contribution in [3.8, 4) is 0 Å². The maximum atomic E-state index is 13.5. The maximum absolute atomic E-state index is 13.5. The molecule has 0 unspecified atom stereocenters. The lowest BCUT2D eigenvalue weighted by atomic mass is 10.3. The van der Waals surface area contributed by atoms with Crippen LogP contribution in [0.25, 0.3) is 0 Å². The zero-order chi connectivity index (χ0) is 14.0. The summed E-state index contributed by atoms with van der Waals surface area (Å²) in [5.74, 6) is -2.33. The molecule has 0 saturated carbocycles. The van der Waals surface area contributed by atoms with Crippen LogP contribution in [0.4, 0.5) is 20.2 Å². The van der Waals surface area contributed by atoms with Crippen molar-refractivity contribution in [2.24, 2.45) is 0 Å². The standard InChI is InChI=1S/C11H9BrF2N4O/c12-6-1-8(13)11(9(14)2-6)17-10(19)5-18-4-7(15)3-16-18/h1-4H,5,15H2,(H,17,19). The number of hydrogen-bond acceptors (Lipinski definition) is 3. The summed E-state index contributed by atoms with van der Waals surface area (Å²) in [5, 5.41) is 5.94. The van der Waals surface area contributed by atoms with Gasteiger partial charge in [0.1, 0.15) is 12.2 Å². The number of carbonyl (C=O) groups excluding carboxylic acids is 1. The third kappa shape index (κ3) is 3.28. The SMILES string of the molecule is Nc1cnn(CC(=O)Nc2c(F)cc(Br)cc2F)c1. The molecular formula is C11H9BrF2N4O. The number of nitrogens with zero attached hydrogens (tertiary/aromatic N) is 2. The van der Waals surface area contributed by atoms with Gasteiger partial charge in [-0.25, -0.2) is 8.78 Å². The van der Waals surface area contributed by atoms with Crippen molar-refractivity contribution in [1.82, 2.24) is 9.78 Å². The molecule has 0 atom stereocenters. The van der Waals surface area contributed by atoms with Crippen LogP contribution in [0.1, 0.15) is 0 Å². The number of aromatic nitrogens is 2. The molecule has 8 heteroatoms. The molecule has 1 aromatic carbocycles. The fourth-order valence-corrected chi connectivity index (χ4v) is 1.86. The zero-order valence-electron chi connectivity index (χ0n) is 9.53. The lowest BCUT2D eigenvalue weighted by Gasteiger charge is -2.08. The Labute approximate surface area is 115 Å². The molecule has 2 aromatic rings. The quantitative estimate of drug-likeness (QED) is 0.905. The maximum Gasteiger partial charge on any atom is 0.246 e. The van der Waals surface area contributed by atoms with Gasteiger partial charge < -0.3 is 11.1 Å². The van der Waals surface area contributed by atoms with E-state index < -0.39 is 23.2 Å². The van der Waals surface area contributed by atoms with Gasteiger partial charge in [-0.3, -0.25) is 9.48 Å². The van der Waals surface area contributed by atoms with E-state index in [4.69, 9.17) is 5.73 Å². The van der Waals surface area contributed by atoms with Gasteiger partial charge >= 0.3 is 0 Å². The number of rotatable bonds is 3. The number of carbonyl (C=O) groups is 1. The lowest BCUT2D eigenvalue weighted by Crippen LogP contribution is -2.20. The molecule has 5 nitrogen and oxygen atoms in total. The lowest BCUT2D eigenvalue weighted by molar-refractivity contribution is -0.116. The molecule has 0 aliphatic carbocycles. The first kappa shape index (κ1) is 13.5. The van der Waals surface area contributed by atoms with E-state index in [1.807, 2.05) is 0 Å². The Bertz CT molecular complexity index is 606. The predicted octanol–water partition coefficient (Wildman–Crippen LogP) is 2.14. The van der Waals surface area contributed by atoms with Crippen LogP contribution in [-0.4, -0.2) is 15.7 Å². The highest BCUT2D eigenvalue weighted by Crippen LogP contribution is 2.23. The highest BCUT2D eigenvalue weighted by Gasteiger charge is 2.14. The third-order valence-corrected chi connectivity index (χ3v) is 2.69. The second-order valence-electron chi connectivity index (χ2n) is 3.76. The van der Waals surface area contributed by atoms with E-state index in [1.54, 1.807) is 0 Å². The van der Waals surface area contributed by atoms with Crippen LogP contribution < -0.4 is 11.1 Å². The van der Waals surface area contributed by atoms with Crippen molar-refractivity contribution in [3.05, 3.63) is 40.6 Å². The molecule has 2 rings (SSSR count). The van der Waals surface area contributed by atoms with E-state index in [0.717, 1.165) is 12.1 Å². The molecule has 0 aliphatic heterocycles. The Balaban J connectivity index is 2.11. The van der Waals surface area contributed by atoms with Crippen molar-refractivity contribution in [1.29, 1.82) is 0 Å². The van der Waals surface area contributed by atoms with Gasteiger partial charge in [-0.2, -0.15) is 5.10 Å². The number of halogens is 3.